The number of nitrogens with one attached hydrogen (secondary N) is 2. The Labute approximate surface area is 120 Å². The molecule has 0 aliphatic carbocycles. The first-order valence-electron chi connectivity index (χ1n) is 7.29. The van der Waals surface area contributed by atoms with Gasteiger partial charge in [-0.05, 0) is 43.9 Å². The Morgan fingerprint density at radius 3 is 2.80 bits per heavy atom. The number of nitrogens with zero attached hydrogens (tertiary/aromatic N) is 1. The maximum absolute atomic E-state index is 12.1. The van der Waals surface area contributed by atoms with Gasteiger partial charge >= 0.3 is 0 Å². The van der Waals surface area contributed by atoms with E-state index in [0.717, 1.165) is 17.8 Å². The second kappa shape index (κ2) is 7.06. The highest BCUT2D eigenvalue weighted by Crippen LogP contribution is 2.09. The van der Waals surface area contributed by atoms with Gasteiger partial charge in [0.2, 0.25) is 0 Å². The molecule has 2 atom stereocenters. The van der Waals surface area contributed by atoms with Crippen LogP contribution in [0.5, 0.6) is 0 Å². The number of amides is 1. The zero-order valence-corrected chi connectivity index (χ0v) is 12.0. The third-order valence-corrected chi connectivity index (χ3v) is 3.99. The van der Waals surface area contributed by atoms with E-state index in [1.165, 1.54) is 24.2 Å². The van der Waals surface area contributed by atoms with Crippen molar-refractivity contribution >= 4 is 11.6 Å². The van der Waals surface area contributed by atoms with Crippen LogP contribution < -0.4 is 10.2 Å². The topological polar surface area (TPSA) is 57.3 Å². The summed E-state index contributed by atoms with van der Waals surface area (Å²) in [5.74, 6) is 0.0711. The van der Waals surface area contributed by atoms with Crippen molar-refractivity contribution in [1.29, 1.82) is 5.26 Å². The first-order chi connectivity index (χ1) is 9.69. The number of carbonyl (C=O) groups excluding carboxylic acids is 1. The molecule has 0 spiro atoms. The van der Waals surface area contributed by atoms with Gasteiger partial charge in [0.05, 0.1) is 25.1 Å². The van der Waals surface area contributed by atoms with Crippen LogP contribution in [0.4, 0.5) is 5.69 Å². The minimum Gasteiger partial charge on any atom is -0.325 e. The van der Waals surface area contributed by atoms with E-state index in [9.17, 15) is 4.79 Å². The lowest BCUT2D eigenvalue weighted by molar-refractivity contribution is -0.920. The van der Waals surface area contributed by atoms with Gasteiger partial charge < -0.3 is 10.2 Å². The van der Waals surface area contributed by atoms with E-state index in [-0.39, 0.29) is 5.91 Å². The molecule has 4 heteroatoms. The molecule has 1 saturated heterocycles. The smallest absolute Gasteiger partial charge is 0.279 e. The average molecular weight is 272 g/mol. The minimum absolute atomic E-state index is 0.0711. The highest BCUT2D eigenvalue weighted by atomic mass is 16.2. The Bertz CT molecular complexity index is 489. The Balaban J connectivity index is 1.86. The predicted octanol–water partition coefficient (Wildman–Crippen LogP) is 1.15. The molecule has 4 nitrogen and oxygen atoms in total. The summed E-state index contributed by atoms with van der Waals surface area (Å²) in [6.45, 7) is 3.86. The SMILES string of the molecule is C[C@@H]1CCCC[NH+]1CC(=O)Nc1ccc(CC#N)cc1. The summed E-state index contributed by atoms with van der Waals surface area (Å²) in [5.41, 5.74) is 1.78. The van der Waals surface area contributed by atoms with Gasteiger partial charge in [-0.3, -0.25) is 4.79 Å². The van der Waals surface area contributed by atoms with E-state index >= 15 is 0 Å². The van der Waals surface area contributed by atoms with Gasteiger partial charge in [0.1, 0.15) is 0 Å². The molecule has 1 aliphatic rings. The summed E-state index contributed by atoms with van der Waals surface area (Å²) in [7, 11) is 0. The summed E-state index contributed by atoms with van der Waals surface area (Å²) in [6, 6.07) is 10.2. The van der Waals surface area contributed by atoms with Crippen molar-refractivity contribution in [2.24, 2.45) is 0 Å². The highest BCUT2D eigenvalue weighted by Gasteiger charge is 2.24. The third kappa shape index (κ3) is 4.07. The van der Waals surface area contributed by atoms with Crippen LogP contribution in [-0.4, -0.2) is 25.0 Å². The molecule has 1 aromatic rings. The van der Waals surface area contributed by atoms with Gasteiger partial charge in [0.15, 0.2) is 6.54 Å². The molecule has 0 bridgehead atoms. The van der Waals surface area contributed by atoms with Crippen molar-refractivity contribution in [3.05, 3.63) is 29.8 Å². The fourth-order valence-electron chi connectivity index (χ4n) is 2.72. The van der Waals surface area contributed by atoms with Crippen molar-refractivity contribution in [3.63, 3.8) is 0 Å². The average Bonchev–Trinajstić information content (AvgIpc) is 2.44. The van der Waals surface area contributed by atoms with Crippen LogP contribution in [0.25, 0.3) is 0 Å². The lowest BCUT2D eigenvalue weighted by Gasteiger charge is -2.29. The molecule has 20 heavy (non-hydrogen) atoms. The predicted molar refractivity (Wildman–Crippen MR) is 78.4 cm³/mol. The molecule has 0 radical (unpaired) electrons. The number of nitriles is 1. The lowest BCUT2D eigenvalue weighted by atomic mass is 10.0. The fourth-order valence-corrected chi connectivity index (χ4v) is 2.72. The first kappa shape index (κ1) is 14.5. The number of anilines is 1. The molecular weight excluding hydrogens is 250 g/mol. The summed E-state index contributed by atoms with van der Waals surface area (Å²) in [6.07, 6.45) is 4.12. The van der Waals surface area contributed by atoms with Gasteiger partial charge in [-0.1, -0.05) is 12.1 Å². The summed E-state index contributed by atoms with van der Waals surface area (Å²) < 4.78 is 0. The number of benzene rings is 1. The Kier molecular flexibility index (Phi) is 5.14. The maximum Gasteiger partial charge on any atom is 0.279 e. The quantitative estimate of drug-likeness (QED) is 0.864. The molecular formula is C16H22N3O+. The van der Waals surface area contributed by atoms with E-state index in [4.69, 9.17) is 5.26 Å². The van der Waals surface area contributed by atoms with E-state index in [1.807, 2.05) is 24.3 Å². The van der Waals surface area contributed by atoms with E-state index < -0.39 is 0 Å². The monoisotopic (exact) mass is 272 g/mol. The largest absolute Gasteiger partial charge is 0.325 e. The molecule has 1 unspecified atom stereocenters. The number of hydrogen-bond acceptors (Lipinski definition) is 2. The fraction of sp³-hybridized carbons (Fsp3) is 0.500. The molecule has 1 fully saturated rings. The third-order valence-electron chi connectivity index (χ3n) is 3.99. The molecule has 106 valence electrons. The normalized spacial score (nSPS) is 22.0. The summed E-state index contributed by atoms with van der Waals surface area (Å²) in [5, 5.41) is 11.6. The zero-order valence-electron chi connectivity index (χ0n) is 12.0. The Morgan fingerprint density at radius 2 is 2.15 bits per heavy atom. The second-order valence-electron chi connectivity index (χ2n) is 5.56. The van der Waals surface area contributed by atoms with Gasteiger partial charge in [-0.15, -0.1) is 0 Å². The van der Waals surface area contributed by atoms with Crippen LogP contribution in [0.1, 0.15) is 31.7 Å². The second-order valence-corrected chi connectivity index (χ2v) is 5.56. The molecule has 0 saturated carbocycles. The van der Waals surface area contributed by atoms with Crippen LogP contribution in [0, 0.1) is 11.3 Å². The van der Waals surface area contributed by atoms with Crippen LogP contribution in [0.3, 0.4) is 0 Å². The first-order valence-corrected chi connectivity index (χ1v) is 7.29. The number of likely N-dealkylation sites (tertiary alicyclic amines) is 1. The summed E-state index contributed by atoms with van der Waals surface area (Å²) in [4.78, 5) is 13.4. The van der Waals surface area contributed by atoms with Crippen molar-refractivity contribution in [2.45, 2.75) is 38.6 Å². The van der Waals surface area contributed by atoms with E-state index in [1.54, 1.807) is 0 Å². The Morgan fingerprint density at radius 1 is 1.40 bits per heavy atom. The summed E-state index contributed by atoms with van der Waals surface area (Å²) >= 11 is 0. The molecule has 2 N–H and O–H groups in total. The number of quaternary nitrogens is 1. The lowest BCUT2D eigenvalue weighted by Crippen LogP contribution is -3.17. The van der Waals surface area contributed by atoms with E-state index in [0.29, 0.717) is 19.0 Å². The van der Waals surface area contributed by atoms with Crippen molar-refractivity contribution in [3.8, 4) is 6.07 Å². The zero-order chi connectivity index (χ0) is 14.4. The number of hydrogen-bond donors (Lipinski definition) is 2. The van der Waals surface area contributed by atoms with Crippen molar-refractivity contribution in [1.82, 2.24) is 0 Å². The number of piperidine rings is 1. The van der Waals surface area contributed by atoms with Gasteiger partial charge in [0, 0.05) is 5.69 Å². The van der Waals surface area contributed by atoms with E-state index in [2.05, 4.69) is 18.3 Å². The van der Waals surface area contributed by atoms with Gasteiger partial charge in [-0.25, -0.2) is 0 Å². The van der Waals surface area contributed by atoms with Gasteiger partial charge in [0.25, 0.3) is 5.91 Å². The molecule has 0 aromatic heterocycles. The van der Waals surface area contributed by atoms with Gasteiger partial charge in [-0.2, -0.15) is 5.26 Å². The maximum atomic E-state index is 12.1. The molecule has 2 rings (SSSR count). The molecule has 1 aromatic carbocycles. The Hall–Kier alpha value is -1.86. The van der Waals surface area contributed by atoms with Crippen LogP contribution in [0.2, 0.25) is 0 Å². The standard InChI is InChI=1S/C16H21N3O/c1-13-4-2-3-11-19(13)12-16(20)18-15-7-5-14(6-8-15)9-10-17/h5-8,13H,2-4,9,11-12H2,1H3,(H,18,20)/p+1/t13-/m1/s1. The number of rotatable bonds is 4. The molecule has 1 heterocycles. The molecule has 1 aliphatic heterocycles. The van der Waals surface area contributed by atoms with Crippen LogP contribution in [-0.2, 0) is 11.2 Å². The van der Waals surface area contributed by atoms with Crippen molar-refractivity contribution < 1.29 is 9.69 Å². The van der Waals surface area contributed by atoms with Crippen LogP contribution >= 0.6 is 0 Å². The van der Waals surface area contributed by atoms with Crippen molar-refractivity contribution in [2.75, 3.05) is 18.4 Å². The number of carbonyl (C=O) groups is 1. The minimum atomic E-state index is 0.0711. The molecule has 1 amide bonds. The van der Waals surface area contributed by atoms with Crippen LogP contribution in [0.15, 0.2) is 24.3 Å². The highest BCUT2D eigenvalue weighted by molar-refractivity contribution is 5.91.